The van der Waals surface area contributed by atoms with Crippen molar-refractivity contribution >= 4 is 5.97 Å². The molecule has 0 saturated carbocycles. The standard InChI is InChI=1S/C24H48O2/c1-18(15-22(6,7)16-21(3,4)5)13-14-19(2)23(8,9)17-24(10,11)20(25)26-12/h18-19H,13-17H2,1-12H3. The Morgan fingerprint density at radius 3 is 1.77 bits per heavy atom. The summed E-state index contributed by atoms with van der Waals surface area (Å²) in [5.41, 5.74) is 0.479. The summed E-state index contributed by atoms with van der Waals surface area (Å²) in [5.74, 6) is 1.22. The zero-order valence-corrected chi connectivity index (χ0v) is 20.0. The van der Waals surface area contributed by atoms with Crippen molar-refractivity contribution in [3.05, 3.63) is 0 Å². The molecule has 0 aromatic rings. The number of esters is 1. The summed E-state index contributed by atoms with van der Waals surface area (Å²) >= 11 is 0. The second kappa shape index (κ2) is 9.11. The van der Waals surface area contributed by atoms with Crippen LogP contribution in [0.1, 0.15) is 108 Å². The predicted molar refractivity (Wildman–Crippen MR) is 114 cm³/mol. The van der Waals surface area contributed by atoms with E-state index in [4.69, 9.17) is 4.74 Å². The minimum Gasteiger partial charge on any atom is -0.469 e. The van der Waals surface area contributed by atoms with Gasteiger partial charge in [0.1, 0.15) is 0 Å². The van der Waals surface area contributed by atoms with Gasteiger partial charge in [-0.15, -0.1) is 0 Å². The molecule has 2 unspecified atom stereocenters. The lowest BCUT2D eigenvalue weighted by Crippen LogP contribution is -2.35. The van der Waals surface area contributed by atoms with E-state index in [0.717, 1.165) is 12.3 Å². The predicted octanol–water partition coefficient (Wildman–Crippen LogP) is 7.51. The SMILES string of the molecule is COC(=O)C(C)(C)CC(C)(C)C(C)CCC(C)CC(C)(C)CC(C)(C)C. The summed E-state index contributed by atoms with van der Waals surface area (Å²) < 4.78 is 4.99. The van der Waals surface area contributed by atoms with Gasteiger partial charge in [-0.2, -0.15) is 0 Å². The van der Waals surface area contributed by atoms with Gasteiger partial charge in [-0.25, -0.2) is 0 Å². The molecule has 0 aliphatic carbocycles. The quantitative estimate of drug-likeness (QED) is 0.373. The molecule has 0 N–H and O–H groups in total. The number of hydrogen-bond donors (Lipinski definition) is 0. The zero-order valence-electron chi connectivity index (χ0n) is 20.0. The highest BCUT2D eigenvalue weighted by atomic mass is 16.5. The van der Waals surface area contributed by atoms with E-state index in [1.165, 1.54) is 32.8 Å². The summed E-state index contributed by atoms with van der Waals surface area (Å²) in [6.45, 7) is 25.2. The number of hydrogen-bond acceptors (Lipinski definition) is 2. The van der Waals surface area contributed by atoms with Gasteiger partial charge < -0.3 is 4.74 Å². The molecule has 0 bridgehead atoms. The van der Waals surface area contributed by atoms with E-state index in [1.807, 2.05) is 13.8 Å². The van der Waals surface area contributed by atoms with Crippen LogP contribution in [0, 0.1) is 33.5 Å². The molecule has 0 fully saturated rings. The fourth-order valence-corrected chi connectivity index (χ4v) is 5.14. The van der Waals surface area contributed by atoms with Crippen LogP contribution >= 0.6 is 0 Å². The first-order valence-corrected chi connectivity index (χ1v) is 10.5. The first-order valence-electron chi connectivity index (χ1n) is 10.5. The Morgan fingerprint density at radius 1 is 0.846 bits per heavy atom. The Kier molecular flexibility index (Phi) is 8.92. The monoisotopic (exact) mass is 368 g/mol. The maximum Gasteiger partial charge on any atom is 0.311 e. The maximum atomic E-state index is 12.0. The number of rotatable bonds is 10. The zero-order chi connectivity index (χ0) is 21.0. The van der Waals surface area contributed by atoms with E-state index in [1.54, 1.807) is 0 Å². The molecule has 0 aliphatic heterocycles. The van der Waals surface area contributed by atoms with Crippen LogP contribution in [0.3, 0.4) is 0 Å². The van der Waals surface area contributed by atoms with Crippen molar-refractivity contribution in [2.75, 3.05) is 7.11 Å². The first-order chi connectivity index (χ1) is 11.4. The molecule has 26 heavy (non-hydrogen) atoms. The molecule has 2 heteroatoms. The first kappa shape index (κ1) is 25.5. The molecular formula is C24H48O2. The van der Waals surface area contributed by atoms with Gasteiger partial charge in [-0.3, -0.25) is 4.79 Å². The average Bonchev–Trinajstić information content (AvgIpc) is 2.39. The van der Waals surface area contributed by atoms with Crippen molar-refractivity contribution in [3.8, 4) is 0 Å². The Bertz CT molecular complexity index is 438. The van der Waals surface area contributed by atoms with E-state index in [-0.39, 0.29) is 11.4 Å². The summed E-state index contributed by atoms with van der Waals surface area (Å²) in [7, 11) is 1.49. The van der Waals surface area contributed by atoms with Gasteiger partial charge in [-0.1, -0.05) is 68.7 Å². The van der Waals surface area contributed by atoms with E-state index < -0.39 is 5.41 Å². The molecule has 0 aliphatic rings. The number of carbonyl (C=O) groups excluding carboxylic acids is 1. The fraction of sp³-hybridized carbons (Fsp3) is 0.958. The molecule has 0 heterocycles. The summed E-state index contributed by atoms with van der Waals surface area (Å²) in [6, 6.07) is 0. The van der Waals surface area contributed by atoms with Crippen LogP contribution in [0.5, 0.6) is 0 Å². The molecule has 0 rings (SSSR count). The van der Waals surface area contributed by atoms with E-state index in [9.17, 15) is 4.79 Å². The van der Waals surface area contributed by atoms with E-state index >= 15 is 0 Å². The Labute approximate surface area is 164 Å². The van der Waals surface area contributed by atoms with Gasteiger partial charge in [0, 0.05) is 0 Å². The lowest BCUT2D eigenvalue weighted by Gasteiger charge is -2.39. The van der Waals surface area contributed by atoms with Crippen LogP contribution in [0.2, 0.25) is 0 Å². The molecule has 0 radical (unpaired) electrons. The van der Waals surface area contributed by atoms with Gasteiger partial charge >= 0.3 is 5.97 Å². The highest BCUT2D eigenvalue weighted by Gasteiger charge is 2.38. The van der Waals surface area contributed by atoms with Crippen LogP contribution in [-0.4, -0.2) is 13.1 Å². The lowest BCUT2D eigenvalue weighted by molar-refractivity contribution is -0.153. The van der Waals surface area contributed by atoms with Crippen molar-refractivity contribution in [1.29, 1.82) is 0 Å². The van der Waals surface area contributed by atoms with Crippen LogP contribution in [0.25, 0.3) is 0 Å². The topological polar surface area (TPSA) is 26.3 Å². The van der Waals surface area contributed by atoms with Gasteiger partial charge in [0.15, 0.2) is 0 Å². The highest BCUT2D eigenvalue weighted by molar-refractivity contribution is 5.75. The van der Waals surface area contributed by atoms with Gasteiger partial charge in [0.2, 0.25) is 0 Å². The van der Waals surface area contributed by atoms with Gasteiger partial charge in [0.05, 0.1) is 12.5 Å². The average molecular weight is 369 g/mol. The van der Waals surface area contributed by atoms with Crippen molar-refractivity contribution < 1.29 is 9.53 Å². The third-order valence-electron chi connectivity index (χ3n) is 5.97. The molecule has 2 atom stereocenters. The van der Waals surface area contributed by atoms with Gasteiger partial charge in [0.25, 0.3) is 0 Å². The molecule has 0 saturated heterocycles. The molecule has 156 valence electrons. The van der Waals surface area contributed by atoms with Crippen molar-refractivity contribution in [2.45, 2.75) is 108 Å². The number of carbonyl (C=O) groups is 1. The number of ether oxygens (including phenoxy) is 1. The van der Waals surface area contributed by atoms with Crippen LogP contribution in [-0.2, 0) is 9.53 Å². The number of methoxy groups -OCH3 is 1. The fourth-order valence-electron chi connectivity index (χ4n) is 5.14. The second-order valence-corrected chi connectivity index (χ2v) is 12.2. The Morgan fingerprint density at radius 2 is 1.35 bits per heavy atom. The van der Waals surface area contributed by atoms with Crippen molar-refractivity contribution in [1.82, 2.24) is 0 Å². The van der Waals surface area contributed by atoms with Crippen molar-refractivity contribution in [2.24, 2.45) is 33.5 Å². The molecule has 0 amide bonds. The Balaban J connectivity index is 4.67. The normalized spacial score (nSPS) is 16.3. The van der Waals surface area contributed by atoms with Crippen molar-refractivity contribution in [3.63, 3.8) is 0 Å². The minimum absolute atomic E-state index is 0.102. The third kappa shape index (κ3) is 9.42. The smallest absolute Gasteiger partial charge is 0.311 e. The summed E-state index contributed by atoms with van der Waals surface area (Å²) in [6.07, 6.45) is 5.88. The van der Waals surface area contributed by atoms with Crippen LogP contribution in [0.15, 0.2) is 0 Å². The van der Waals surface area contributed by atoms with Gasteiger partial charge in [-0.05, 0) is 67.6 Å². The van der Waals surface area contributed by atoms with Crippen LogP contribution in [0.4, 0.5) is 0 Å². The molecule has 0 spiro atoms. The minimum atomic E-state index is -0.424. The van der Waals surface area contributed by atoms with E-state index in [0.29, 0.717) is 16.7 Å². The highest BCUT2D eigenvalue weighted by Crippen LogP contribution is 2.43. The second-order valence-electron chi connectivity index (χ2n) is 12.2. The lowest BCUT2D eigenvalue weighted by atomic mass is 9.66. The largest absolute Gasteiger partial charge is 0.469 e. The molecule has 0 aromatic carbocycles. The third-order valence-corrected chi connectivity index (χ3v) is 5.97. The molecule has 2 nitrogen and oxygen atoms in total. The Hall–Kier alpha value is -0.530. The maximum absolute atomic E-state index is 12.0. The molecular weight excluding hydrogens is 320 g/mol. The summed E-state index contributed by atoms with van der Waals surface area (Å²) in [5, 5.41) is 0. The molecule has 0 aromatic heterocycles. The van der Waals surface area contributed by atoms with Crippen LogP contribution < -0.4 is 0 Å². The summed E-state index contributed by atoms with van der Waals surface area (Å²) in [4.78, 5) is 12.0. The van der Waals surface area contributed by atoms with E-state index in [2.05, 4.69) is 62.3 Å².